The van der Waals surface area contributed by atoms with Crippen LogP contribution in [0.25, 0.3) is 5.65 Å². The molecular weight excluding hydrogens is 324 g/mol. The van der Waals surface area contributed by atoms with E-state index in [1.165, 1.54) is 0 Å². The molecule has 0 atom stereocenters. The molecule has 0 aliphatic heterocycles. The lowest BCUT2D eigenvalue weighted by atomic mass is 9.92. The van der Waals surface area contributed by atoms with Gasteiger partial charge in [-0.2, -0.15) is 0 Å². The van der Waals surface area contributed by atoms with E-state index in [9.17, 15) is 4.79 Å². The predicted molar refractivity (Wildman–Crippen MR) is 80.0 cm³/mol. The largest absolute Gasteiger partial charge is 0.360 e. The summed E-state index contributed by atoms with van der Waals surface area (Å²) in [4.78, 5) is 15.8. The highest BCUT2D eigenvalue weighted by molar-refractivity contribution is 9.10. The molecule has 0 aliphatic carbocycles. The lowest BCUT2D eigenvalue weighted by Gasteiger charge is -2.18. The fourth-order valence-electron chi connectivity index (χ4n) is 1.94. The highest BCUT2D eigenvalue weighted by atomic mass is 79.9. The van der Waals surface area contributed by atoms with Crippen molar-refractivity contribution in [3.63, 3.8) is 0 Å². The number of hydrogen-bond donors (Lipinski definition) is 3. The van der Waals surface area contributed by atoms with Crippen LogP contribution in [-0.4, -0.2) is 27.0 Å². The van der Waals surface area contributed by atoms with Crippen LogP contribution in [0.15, 0.2) is 22.8 Å². The second kappa shape index (κ2) is 5.41. The van der Waals surface area contributed by atoms with Gasteiger partial charge in [0.05, 0.1) is 16.8 Å². The summed E-state index contributed by atoms with van der Waals surface area (Å²) in [7, 11) is 0. The van der Waals surface area contributed by atoms with Crippen LogP contribution in [0.4, 0.5) is 5.82 Å². The van der Waals surface area contributed by atoms with Gasteiger partial charge in [-0.25, -0.2) is 10.5 Å². The van der Waals surface area contributed by atoms with Crippen LogP contribution < -0.4 is 10.8 Å². The van der Waals surface area contributed by atoms with Crippen LogP contribution >= 0.6 is 15.9 Å². The normalized spacial score (nSPS) is 11.7. The average molecular weight is 341 g/mol. The Hall–Kier alpha value is -1.60. The molecule has 20 heavy (non-hydrogen) atoms. The molecule has 2 aromatic heterocycles. The molecule has 0 unspecified atom stereocenters. The summed E-state index contributed by atoms with van der Waals surface area (Å²) < 4.78 is 2.73. The Morgan fingerprint density at radius 2 is 2.15 bits per heavy atom. The third-order valence-corrected chi connectivity index (χ3v) is 3.47. The maximum absolute atomic E-state index is 11.2. The monoisotopic (exact) mass is 340 g/mol. The summed E-state index contributed by atoms with van der Waals surface area (Å²) in [5, 5.41) is 11.6. The number of halogens is 1. The maximum atomic E-state index is 11.2. The molecule has 2 aromatic rings. The molecule has 0 aliphatic rings. The summed E-state index contributed by atoms with van der Waals surface area (Å²) in [6.45, 7) is 6.13. The van der Waals surface area contributed by atoms with Crippen molar-refractivity contribution in [2.45, 2.75) is 26.2 Å². The van der Waals surface area contributed by atoms with Crippen LogP contribution in [-0.2, 0) is 10.2 Å². The van der Waals surface area contributed by atoms with E-state index in [-0.39, 0.29) is 12.0 Å². The van der Waals surface area contributed by atoms with Gasteiger partial charge in [-0.1, -0.05) is 26.8 Å². The molecular formula is C13H17BrN4O2. The molecule has 0 saturated carbocycles. The van der Waals surface area contributed by atoms with Gasteiger partial charge < -0.3 is 5.32 Å². The Morgan fingerprint density at radius 3 is 2.75 bits per heavy atom. The molecule has 0 aromatic carbocycles. The van der Waals surface area contributed by atoms with E-state index >= 15 is 0 Å². The molecule has 2 heterocycles. The Kier molecular flexibility index (Phi) is 4.01. The molecule has 0 spiro atoms. The van der Waals surface area contributed by atoms with Gasteiger partial charge in [-0.05, 0) is 28.1 Å². The number of pyridine rings is 1. The molecule has 6 nitrogen and oxygen atoms in total. The van der Waals surface area contributed by atoms with Crippen LogP contribution in [0.1, 0.15) is 26.5 Å². The number of hydroxylamine groups is 1. The maximum Gasteiger partial charge on any atom is 0.262 e. The van der Waals surface area contributed by atoms with E-state index in [0.717, 1.165) is 21.8 Å². The van der Waals surface area contributed by atoms with Gasteiger partial charge in [0.1, 0.15) is 11.5 Å². The zero-order chi connectivity index (χ0) is 14.9. The highest BCUT2D eigenvalue weighted by Gasteiger charge is 2.24. The molecule has 0 bridgehead atoms. The second-order valence-corrected chi connectivity index (χ2v) is 6.30. The third-order valence-electron chi connectivity index (χ3n) is 2.85. The van der Waals surface area contributed by atoms with E-state index < -0.39 is 5.91 Å². The molecule has 1 amide bonds. The van der Waals surface area contributed by atoms with E-state index in [1.807, 2.05) is 22.6 Å². The average Bonchev–Trinajstić information content (AvgIpc) is 2.76. The van der Waals surface area contributed by atoms with Crippen molar-refractivity contribution in [3.05, 3.63) is 28.5 Å². The van der Waals surface area contributed by atoms with Crippen molar-refractivity contribution < 1.29 is 10.0 Å². The first-order chi connectivity index (χ1) is 9.34. The first-order valence-electron chi connectivity index (χ1n) is 6.19. The minimum atomic E-state index is -0.508. The number of imidazole rings is 1. The SMILES string of the molecule is CC(C)(C)c1nc2cccc(Br)n2c1NCC(=O)NO. The van der Waals surface area contributed by atoms with Gasteiger partial charge in [0, 0.05) is 5.41 Å². The molecule has 7 heteroatoms. The first kappa shape index (κ1) is 14.8. The van der Waals surface area contributed by atoms with Gasteiger partial charge in [-0.3, -0.25) is 14.4 Å². The van der Waals surface area contributed by atoms with Crippen molar-refractivity contribution in [1.82, 2.24) is 14.9 Å². The van der Waals surface area contributed by atoms with Crippen molar-refractivity contribution >= 4 is 33.3 Å². The van der Waals surface area contributed by atoms with Crippen LogP contribution in [0.3, 0.4) is 0 Å². The fourth-order valence-corrected chi connectivity index (χ4v) is 2.45. The standard InChI is InChI=1S/C13H17BrN4O2/c1-13(2,3)11-12(15-7-10(19)17-20)18-8(14)5-4-6-9(18)16-11/h4-6,15,20H,7H2,1-3H3,(H,17,19). The number of amides is 1. The number of fused-ring (bicyclic) bond motifs is 1. The lowest BCUT2D eigenvalue weighted by Crippen LogP contribution is -2.28. The molecule has 0 saturated heterocycles. The number of carbonyl (C=O) groups excluding carboxylic acids is 1. The lowest BCUT2D eigenvalue weighted by molar-refractivity contribution is -0.127. The number of anilines is 1. The number of rotatable bonds is 3. The Bertz CT molecular complexity index is 646. The van der Waals surface area contributed by atoms with Crippen molar-refractivity contribution in [3.8, 4) is 0 Å². The van der Waals surface area contributed by atoms with Gasteiger partial charge in [0.2, 0.25) is 0 Å². The van der Waals surface area contributed by atoms with E-state index in [0.29, 0.717) is 0 Å². The van der Waals surface area contributed by atoms with E-state index in [2.05, 4.69) is 47.0 Å². The topological polar surface area (TPSA) is 78.7 Å². The Morgan fingerprint density at radius 1 is 1.45 bits per heavy atom. The van der Waals surface area contributed by atoms with Crippen molar-refractivity contribution in [2.24, 2.45) is 0 Å². The van der Waals surface area contributed by atoms with Gasteiger partial charge in [0.15, 0.2) is 0 Å². The zero-order valence-corrected chi connectivity index (χ0v) is 13.2. The summed E-state index contributed by atoms with van der Waals surface area (Å²) >= 11 is 3.48. The fraction of sp³-hybridized carbons (Fsp3) is 0.385. The van der Waals surface area contributed by atoms with Gasteiger partial charge in [0.25, 0.3) is 5.91 Å². The molecule has 108 valence electrons. The van der Waals surface area contributed by atoms with Crippen LogP contribution in [0.5, 0.6) is 0 Å². The number of hydrogen-bond acceptors (Lipinski definition) is 4. The van der Waals surface area contributed by atoms with Crippen molar-refractivity contribution in [2.75, 3.05) is 11.9 Å². The highest BCUT2D eigenvalue weighted by Crippen LogP contribution is 2.31. The van der Waals surface area contributed by atoms with E-state index in [1.54, 1.807) is 5.48 Å². The smallest absolute Gasteiger partial charge is 0.262 e. The number of aromatic nitrogens is 2. The first-order valence-corrected chi connectivity index (χ1v) is 6.98. The Labute approximate surface area is 125 Å². The summed E-state index contributed by atoms with van der Waals surface area (Å²) in [5.41, 5.74) is 3.07. The zero-order valence-electron chi connectivity index (χ0n) is 11.6. The number of nitrogens with one attached hydrogen (secondary N) is 2. The minimum absolute atomic E-state index is 0.0330. The predicted octanol–water partition coefficient (Wildman–Crippen LogP) is 2.31. The summed E-state index contributed by atoms with van der Waals surface area (Å²) in [6.07, 6.45) is 0. The second-order valence-electron chi connectivity index (χ2n) is 5.49. The van der Waals surface area contributed by atoms with Gasteiger partial charge >= 0.3 is 0 Å². The quantitative estimate of drug-likeness (QED) is 0.455. The Balaban J connectivity index is 2.55. The van der Waals surface area contributed by atoms with E-state index in [4.69, 9.17) is 5.21 Å². The number of carbonyl (C=O) groups is 1. The molecule has 3 N–H and O–H groups in total. The summed E-state index contributed by atoms with van der Waals surface area (Å²) in [5.74, 6) is 0.232. The third kappa shape index (κ3) is 2.78. The number of nitrogens with zero attached hydrogens (tertiary/aromatic N) is 2. The van der Waals surface area contributed by atoms with Crippen LogP contribution in [0, 0.1) is 0 Å². The summed E-state index contributed by atoms with van der Waals surface area (Å²) in [6, 6.07) is 5.71. The molecule has 0 radical (unpaired) electrons. The molecule has 2 rings (SSSR count). The van der Waals surface area contributed by atoms with Crippen molar-refractivity contribution in [1.29, 1.82) is 0 Å². The molecule has 0 fully saturated rings. The van der Waals surface area contributed by atoms with Crippen LogP contribution in [0.2, 0.25) is 0 Å². The van der Waals surface area contributed by atoms with Gasteiger partial charge in [-0.15, -0.1) is 0 Å². The minimum Gasteiger partial charge on any atom is -0.360 e.